The van der Waals surface area contributed by atoms with E-state index in [4.69, 9.17) is 9.15 Å². The van der Waals surface area contributed by atoms with Crippen molar-refractivity contribution < 1.29 is 13.9 Å². The van der Waals surface area contributed by atoms with Crippen LogP contribution in [0.2, 0.25) is 0 Å². The number of amides is 2. The maximum Gasteiger partial charge on any atom is 0.324 e. The van der Waals surface area contributed by atoms with Crippen molar-refractivity contribution in [2.24, 2.45) is 0 Å². The first-order valence-corrected chi connectivity index (χ1v) is 8.71. The van der Waals surface area contributed by atoms with Gasteiger partial charge in [0.2, 0.25) is 0 Å². The Morgan fingerprint density at radius 1 is 1.52 bits per heavy atom. The molecule has 1 aliphatic rings. The summed E-state index contributed by atoms with van der Waals surface area (Å²) in [6.07, 6.45) is 1.97. The molecule has 1 aliphatic heterocycles. The van der Waals surface area contributed by atoms with Crippen molar-refractivity contribution >= 4 is 22.5 Å². The standard InChI is InChI=1S/C16H21N3O3S/c1-3-4-12-10-23-15(17-12)18-16(20)19-7-8-21-9-13(19)14-6-5-11(2)22-14/h5-6,10,13H,3-4,7-9H2,1-2H3,(H,17,18,20)/t13-/m1/s1. The van der Waals surface area contributed by atoms with Gasteiger partial charge in [-0.3, -0.25) is 5.32 Å². The number of furan rings is 1. The molecule has 2 aromatic rings. The van der Waals surface area contributed by atoms with Gasteiger partial charge in [0.25, 0.3) is 0 Å². The van der Waals surface area contributed by atoms with Gasteiger partial charge in [0.1, 0.15) is 17.6 Å². The van der Waals surface area contributed by atoms with Crippen molar-refractivity contribution in [3.8, 4) is 0 Å². The number of aryl methyl sites for hydroxylation is 2. The number of hydrogen-bond donors (Lipinski definition) is 1. The number of nitrogens with one attached hydrogen (secondary N) is 1. The van der Waals surface area contributed by atoms with Crippen molar-refractivity contribution in [2.75, 3.05) is 25.1 Å². The summed E-state index contributed by atoms with van der Waals surface area (Å²) in [6, 6.07) is 3.44. The fourth-order valence-electron chi connectivity index (χ4n) is 2.61. The largest absolute Gasteiger partial charge is 0.464 e. The zero-order chi connectivity index (χ0) is 16.2. The number of anilines is 1. The van der Waals surface area contributed by atoms with Crippen LogP contribution >= 0.6 is 11.3 Å². The zero-order valence-corrected chi connectivity index (χ0v) is 14.2. The number of hydrogen-bond acceptors (Lipinski definition) is 5. The lowest BCUT2D eigenvalue weighted by molar-refractivity contribution is 0.00710. The molecule has 1 fully saturated rings. The molecule has 0 aliphatic carbocycles. The molecule has 7 heteroatoms. The zero-order valence-electron chi connectivity index (χ0n) is 13.4. The lowest BCUT2D eigenvalue weighted by Gasteiger charge is -2.34. The molecule has 0 saturated carbocycles. The van der Waals surface area contributed by atoms with E-state index in [1.54, 1.807) is 4.90 Å². The number of carbonyl (C=O) groups is 1. The second-order valence-corrected chi connectivity index (χ2v) is 6.41. The molecule has 0 spiro atoms. The minimum absolute atomic E-state index is 0.162. The molecule has 3 heterocycles. The van der Waals surface area contributed by atoms with Crippen LogP contribution in [0.4, 0.5) is 9.93 Å². The first kappa shape index (κ1) is 16.0. The molecule has 0 radical (unpaired) electrons. The Balaban J connectivity index is 1.70. The molecule has 124 valence electrons. The molecule has 0 unspecified atom stereocenters. The van der Waals surface area contributed by atoms with Crippen LogP contribution in [0.1, 0.15) is 36.6 Å². The van der Waals surface area contributed by atoms with Crippen LogP contribution in [0.25, 0.3) is 0 Å². The molecule has 1 atom stereocenters. The Hall–Kier alpha value is -1.86. The van der Waals surface area contributed by atoms with Crippen LogP contribution in [0.15, 0.2) is 21.9 Å². The Morgan fingerprint density at radius 3 is 3.13 bits per heavy atom. The van der Waals surface area contributed by atoms with Crippen LogP contribution in [-0.2, 0) is 11.2 Å². The normalized spacial score (nSPS) is 18.2. The van der Waals surface area contributed by atoms with E-state index >= 15 is 0 Å². The Labute approximate surface area is 139 Å². The predicted octanol–water partition coefficient (Wildman–Crippen LogP) is 3.60. The third-order valence-corrected chi connectivity index (χ3v) is 4.56. The number of carbonyl (C=O) groups excluding carboxylic acids is 1. The minimum atomic E-state index is -0.201. The fourth-order valence-corrected chi connectivity index (χ4v) is 3.35. The number of urea groups is 1. The number of thiazole rings is 1. The fraction of sp³-hybridized carbons (Fsp3) is 0.500. The molecule has 0 aromatic carbocycles. The van der Waals surface area contributed by atoms with E-state index in [1.165, 1.54) is 11.3 Å². The van der Waals surface area contributed by atoms with Gasteiger partial charge in [-0.15, -0.1) is 11.3 Å². The van der Waals surface area contributed by atoms with E-state index in [1.807, 2.05) is 24.4 Å². The summed E-state index contributed by atoms with van der Waals surface area (Å²) in [7, 11) is 0. The molecule has 1 saturated heterocycles. The van der Waals surface area contributed by atoms with Crippen molar-refractivity contribution in [2.45, 2.75) is 32.7 Å². The second kappa shape index (κ2) is 7.14. The number of nitrogens with zero attached hydrogens (tertiary/aromatic N) is 2. The van der Waals surface area contributed by atoms with E-state index < -0.39 is 0 Å². The topological polar surface area (TPSA) is 67.6 Å². The van der Waals surface area contributed by atoms with Crippen molar-refractivity contribution in [1.29, 1.82) is 0 Å². The Morgan fingerprint density at radius 2 is 2.39 bits per heavy atom. The van der Waals surface area contributed by atoms with E-state index in [0.29, 0.717) is 24.9 Å². The Kier molecular flexibility index (Phi) is 4.97. The molecule has 0 bridgehead atoms. The summed E-state index contributed by atoms with van der Waals surface area (Å²) in [5, 5.41) is 5.52. The van der Waals surface area contributed by atoms with Gasteiger partial charge in [-0.2, -0.15) is 0 Å². The molecular formula is C16H21N3O3S. The predicted molar refractivity (Wildman–Crippen MR) is 88.8 cm³/mol. The molecular weight excluding hydrogens is 314 g/mol. The van der Waals surface area contributed by atoms with Gasteiger partial charge in [-0.1, -0.05) is 13.3 Å². The second-order valence-electron chi connectivity index (χ2n) is 5.56. The van der Waals surface area contributed by atoms with Gasteiger partial charge in [0.15, 0.2) is 5.13 Å². The molecule has 2 aromatic heterocycles. The first-order valence-electron chi connectivity index (χ1n) is 7.83. The quantitative estimate of drug-likeness (QED) is 0.927. The lowest BCUT2D eigenvalue weighted by atomic mass is 10.2. The van der Waals surface area contributed by atoms with Crippen LogP contribution in [-0.4, -0.2) is 35.7 Å². The summed E-state index contributed by atoms with van der Waals surface area (Å²) in [4.78, 5) is 18.8. The third kappa shape index (κ3) is 3.73. The van der Waals surface area contributed by atoms with Crippen LogP contribution in [0.3, 0.4) is 0 Å². The highest BCUT2D eigenvalue weighted by Crippen LogP contribution is 2.27. The van der Waals surface area contributed by atoms with Gasteiger partial charge in [0, 0.05) is 11.9 Å². The summed E-state index contributed by atoms with van der Waals surface area (Å²) >= 11 is 1.46. The third-order valence-electron chi connectivity index (χ3n) is 3.75. The molecule has 3 rings (SSSR count). The highest BCUT2D eigenvalue weighted by atomic mass is 32.1. The minimum Gasteiger partial charge on any atom is -0.464 e. The summed E-state index contributed by atoms with van der Waals surface area (Å²) in [5.74, 6) is 1.58. The number of rotatable bonds is 4. The molecule has 2 amide bonds. The summed E-state index contributed by atoms with van der Waals surface area (Å²) < 4.78 is 11.2. The van der Waals surface area contributed by atoms with Gasteiger partial charge in [-0.25, -0.2) is 9.78 Å². The summed E-state index contributed by atoms with van der Waals surface area (Å²) in [5.41, 5.74) is 1.02. The summed E-state index contributed by atoms with van der Waals surface area (Å²) in [6.45, 7) is 5.51. The smallest absolute Gasteiger partial charge is 0.324 e. The maximum atomic E-state index is 12.6. The average Bonchev–Trinajstić information content (AvgIpc) is 3.17. The van der Waals surface area contributed by atoms with Crippen LogP contribution in [0, 0.1) is 6.92 Å². The number of ether oxygens (including phenoxy) is 1. The first-order chi connectivity index (χ1) is 11.2. The van der Waals surface area contributed by atoms with Crippen LogP contribution in [0.5, 0.6) is 0 Å². The SMILES string of the molecule is CCCc1csc(NC(=O)N2CCOC[C@@H]2c2ccc(C)o2)n1. The monoisotopic (exact) mass is 335 g/mol. The van der Waals surface area contributed by atoms with Crippen molar-refractivity contribution in [1.82, 2.24) is 9.88 Å². The van der Waals surface area contributed by atoms with Gasteiger partial charge < -0.3 is 14.1 Å². The van der Waals surface area contributed by atoms with Gasteiger partial charge >= 0.3 is 6.03 Å². The van der Waals surface area contributed by atoms with Gasteiger partial charge in [-0.05, 0) is 25.5 Å². The van der Waals surface area contributed by atoms with E-state index in [9.17, 15) is 4.79 Å². The van der Waals surface area contributed by atoms with E-state index in [0.717, 1.165) is 30.1 Å². The average molecular weight is 335 g/mol. The van der Waals surface area contributed by atoms with Gasteiger partial charge in [0.05, 0.1) is 18.9 Å². The highest BCUT2D eigenvalue weighted by molar-refractivity contribution is 7.13. The van der Waals surface area contributed by atoms with Crippen LogP contribution < -0.4 is 5.32 Å². The van der Waals surface area contributed by atoms with Crippen molar-refractivity contribution in [3.63, 3.8) is 0 Å². The maximum absolute atomic E-state index is 12.6. The number of morpholine rings is 1. The highest BCUT2D eigenvalue weighted by Gasteiger charge is 2.31. The Bertz CT molecular complexity index is 667. The lowest BCUT2D eigenvalue weighted by Crippen LogP contribution is -2.45. The molecule has 23 heavy (non-hydrogen) atoms. The molecule has 6 nitrogen and oxygen atoms in total. The van der Waals surface area contributed by atoms with Crippen molar-refractivity contribution in [3.05, 3.63) is 34.7 Å². The molecule has 1 N–H and O–H groups in total. The van der Waals surface area contributed by atoms with E-state index in [-0.39, 0.29) is 12.1 Å². The number of aromatic nitrogens is 1. The van der Waals surface area contributed by atoms with E-state index in [2.05, 4.69) is 17.2 Å².